The standard InChI is InChI=1S/C14H16ClN3O2/c1-19-6-7-20-5-4-18-13-8-11(10-16)2-3-12(13)17-14(18)9-15/h2-3,8H,4-7,9H2,1H3. The van der Waals surface area contributed by atoms with Gasteiger partial charge in [0.05, 0.1) is 48.4 Å². The van der Waals surface area contributed by atoms with Crippen molar-refractivity contribution in [1.29, 1.82) is 5.26 Å². The number of ether oxygens (including phenoxy) is 2. The minimum Gasteiger partial charge on any atom is -0.382 e. The molecule has 0 aliphatic carbocycles. The summed E-state index contributed by atoms with van der Waals surface area (Å²) in [6, 6.07) is 7.56. The van der Waals surface area contributed by atoms with Crippen molar-refractivity contribution in [3.05, 3.63) is 29.6 Å². The smallest absolute Gasteiger partial charge is 0.124 e. The quantitative estimate of drug-likeness (QED) is 0.580. The summed E-state index contributed by atoms with van der Waals surface area (Å²) in [7, 11) is 1.64. The van der Waals surface area contributed by atoms with Crippen molar-refractivity contribution in [2.24, 2.45) is 0 Å². The average molecular weight is 294 g/mol. The van der Waals surface area contributed by atoms with Gasteiger partial charge in [-0.15, -0.1) is 11.6 Å². The van der Waals surface area contributed by atoms with Gasteiger partial charge in [0.25, 0.3) is 0 Å². The fourth-order valence-corrected chi connectivity index (χ4v) is 2.20. The van der Waals surface area contributed by atoms with Gasteiger partial charge >= 0.3 is 0 Å². The van der Waals surface area contributed by atoms with Crippen molar-refractivity contribution >= 4 is 22.6 Å². The SMILES string of the molecule is COCCOCCn1c(CCl)nc2ccc(C#N)cc21. The second-order valence-electron chi connectivity index (χ2n) is 4.23. The van der Waals surface area contributed by atoms with Crippen molar-refractivity contribution in [2.45, 2.75) is 12.4 Å². The summed E-state index contributed by atoms with van der Waals surface area (Å²) in [5.74, 6) is 1.11. The van der Waals surface area contributed by atoms with Crippen LogP contribution in [-0.4, -0.2) is 36.5 Å². The van der Waals surface area contributed by atoms with Gasteiger partial charge in [-0.25, -0.2) is 4.98 Å². The molecule has 0 spiro atoms. The number of halogens is 1. The Labute approximate surface area is 122 Å². The highest BCUT2D eigenvalue weighted by Gasteiger charge is 2.10. The molecule has 0 fully saturated rings. The summed E-state index contributed by atoms with van der Waals surface area (Å²) in [6.45, 7) is 2.33. The number of nitriles is 1. The zero-order valence-corrected chi connectivity index (χ0v) is 12.1. The molecule has 20 heavy (non-hydrogen) atoms. The molecular formula is C14H16ClN3O2. The number of nitrogens with zero attached hydrogens (tertiary/aromatic N) is 3. The van der Waals surface area contributed by atoms with Crippen LogP contribution in [0.2, 0.25) is 0 Å². The molecule has 0 bridgehead atoms. The van der Waals surface area contributed by atoms with Crippen LogP contribution < -0.4 is 0 Å². The van der Waals surface area contributed by atoms with E-state index in [1.54, 1.807) is 13.2 Å². The molecular weight excluding hydrogens is 278 g/mol. The second kappa shape index (κ2) is 7.25. The summed E-state index contributed by atoms with van der Waals surface area (Å²) in [5, 5.41) is 8.98. The van der Waals surface area contributed by atoms with Crippen LogP contribution in [0.15, 0.2) is 18.2 Å². The summed E-state index contributed by atoms with van der Waals surface area (Å²) in [4.78, 5) is 4.46. The highest BCUT2D eigenvalue weighted by molar-refractivity contribution is 6.16. The first-order valence-electron chi connectivity index (χ1n) is 6.32. The van der Waals surface area contributed by atoms with Crippen LogP contribution in [0.5, 0.6) is 0 Å². The van der Waals surface area contributed by atoms with Gasteiger partial charge in [0.1, 0.15) is 5.82 Å². The van der Waals surface area contributed by atoms with Crippen molar-refractivity contribution in [3.63, 3.8) is 0 Å². The lowest BCUT2D eigenvalue weighted by atomic mass is 10.2. The van der Waals surface area contributed by atoms with E-state index in [2.05, 4.69) is 11.1 Å². The molecule has 0 radical (unpaired) electrons. The zero-order chi connectivity index (χ0) is 14.4. The van der Waals surface area contributed by atoms with Crippen LogP contribution in [-0.2, 0) is 21.9 Å². The van der Waals surface area contributed by atoms with E-state index in [0.29, 0.717) is 37.8 Å². The van der Waals surface area contributed by atoms with Gasteiger partial charge in [0, 0.05) is 13.7 Å². The summed E-state index contributed by atoms with van der Waals surface area (Å²) in [6.07, 6.45) is 0. The van der Waals surface area contributed by atoms with Crippen LogP contribution in [0.25, 0.3) is 11.0 Å². The first kappa shape index (κ1) is 14.8. The van der Waals surface area contributed by atoms with Crippen LogP contribution >= 0.6 is 11.6 Å². The predicted octanol–water partition coefficient (Wildman–Crippen LogP) is 2.31. The minimum atomic E-state index is 0.328. The van der Waals surface area contributed by atoms with Crippen LogP contribution in [0.4, 0.5) is 0 Å². The lowest BCUT2D eigenvalue weighted by Gasteiger charge is -2.08. The highest BCUT2D eigenvalue weighted by Crippen LogP contribution is 2.19. The topological polar surface area (TPSA) is 60.1 Å². The Morgan fingerprint density at radius 1 is 1.35 bits per heavy atom. The summed E-state index contributed by atoms with van der Waals surface area (Å²) >= 11 is 5.93. The Kier molecular flexibility index (Phi) is 5.36. The van der Waals surface area contributed by atoms with Gasteiger partial charge in [-0.1, -0.05) is 0 Å². The van der Waals surface area contributed by atoms with E-state index in [0.717, 1.165) is 16.9 Å². The van der Waals surface area contributed by atoms with Crippen molar-refractivity contribution in [3.8, 4) is 6.07 Å². The molecule has 1 aromatic carbocycles. The van der Waals surface area contributed by atoms with E-state index in [9.17, 15) is 0 Å². The number of rotatable bonds is 7. The Morgan fingerprint density at radius 3 is 2.90 bits per heavy atom. The molecule has 6 heteroatoms. The highest BCUT2D eigenvalue weighted by atomic mass is 35.5. The van der Waals surface area contributed by atoms with Crippen LogP contribution in [0.1, 0.15) is 11.4 Å². The monoisotopic (exact) mass is 293 g/mol. The molecule has 2 aromatic rings. The van der Waals surface area contributed by atoms with Crippen LogP contribution in [0, 0.1) is 11.3 Å². The number of hydrogen-bond donors (Lipinski definition) is 0. The lowest BCUT2D eigenvalue weighted by molar-refractivity contribution is 0.0667. The number of aromatic nitrogens is 2. The van der Waals surface area contributed by atoms with E-state index in [1.165, 1.54) is 0 Å². The summed E-state index contributed by atoms with van der Waals surface area (Å²) in [5.41, 5.74) is 2.37. The maximum Gasteiger partial charge on any atom is 0.124 e. The van der Waals surface area contributed by atoms with E-state index < -0.39 is 0 Å². The third-order valence-electron chi connectivity index (χ3n) is 2.97. The Morgan fingerprint density at radius 2 is 2.20 bits per heavy atom. The number of hydrogen-bond acceptors (Lipinski definition) is 4. The molecule has 0 aliphatic rings. The first-order valence-corrected chi connectivity index (χ1v) is 6.85. The summed E-state index contributed by atoms with van der Waals surface area (Å²) < 4.78 is 12.4. The first-order chi connectivity index (χ1) is 9.80. The number of alkyl halides is 1. The molecule has 106 valence electrons. The molecule has 0 unspecified atom stereocenters. The van der Waals surface area contributed by atoms with Gasteiger partial charge in [0.2, 0.25) is 0 Å². The number of benzene rings is 1. The molecule has 0 aliphatic heterocycles. The molecule has 0 amide bonds. The van der Waals surface area contributed by atoms with Crippen molar-refractivity contribution in [1.82, 2.24) is 9.55 Å². The predicted molar refractivity (Wildman–Crippen MR) is 76.7 cm³/mol. The Hall–Kier alpha value is -1.61. The van der Waals surface area contributed by atoms with Crippen molar-refractivity contribution in [2.75, 3.05) is 26.9 Å². The average Bonchev–Trinajstić information content (AvgIpc) is 2.84. The van der Waals surface area contributed by atoms with Gasteiger partial charge < -0.3 is 14.0 Å². The van der Waals surface area contributed by atoms with E-state index in [4.69, 9.17) is 26.3 Å². The maximum atomic E-state index is 8.98. The number of imidazole rings is 1. The van der Waals surface area contributed by atoms with Gasteiger partial charge in [0.15, 0.2) is 0 Å². The maximum absolute atomic E-state index is 8.98. The fraction of sp³-hybridized carbons (Fsp3) is 0.429. The molecule has 0 N–H and O–H groups in total. The molecule has 0 atom stereocenters. The molecule has 0 saturated carbocycles. The van der Waals surface area contributed by atoms with Gasteiger partial charge in [-0.2, -0.15) is 5.26 Å². The molecule has 2 rings (SSSR count). The molecule has 1 heterocycles. The number of fused-ring (bicyclic) bond motifs is 1. The Bertz CT molecular complexity index is 619. The Balaban J connectivity index is 2.18. The minimum absolute atomic E-state index is 0.328. The van der Waals surface area contributed by atoms with Gasteiger partial charge in [-0.3, -0.25) is 0 Å². The van der Waals surface area contributed by atoms with E-state index >= 15 is 0 Å². The molecule has 1 aromatic heterocycles. The largest absolute Gasteiger partial charge is 0.382 e. The third kappa shape index (κ3) is 3.28. The second-order valence-corrected chi connectivity index (χ2v) is 4.50. The van der Waals surface area contributed by atoms with E-state index in [-0.39, 0.29) is 0 Å². The number of methoxy groups -OCH3 is 1. The zero-order valence-electron chi connectivity index (χ0n) is 11.3. The third-order valence-corrected chi connectivity index (χ3v) is 3.21. The normalized spacial score (nSPS) is 10.8. The lowest BCUT2D eigenvalue weighted by Crippen LogP contribution is -2.11. The van der Waals surface area contributed by atoms with Crippen LogP contribution in [0.3, 0.4) is 0 Å². The molecule has 0 saturated heterocycles. The van der Waals surface area contributed by atoms with E-state index in [1.807, 2.05) is 16.7 Å². The van der Waals surface area contributed by atoms with Gasteiger partial charge in [-0.05, 0) is 18.2 Å². The van der Waals surface area contributed by atoms with Crippen molar-refractivity contribution < 1.29 is 9.47 Å². The fourth-order valence-electron chi connectivity index (χ4n) is 1.99. The molecule has 5 nitrogen and oxygen atoms in total.